The number of hydrogen-bond acceptors (Lipinski definition) is 4. The summed E-state index contributed by atoms with van der Waals surface area (Å²) in [5, 5.41) is 0. The van der Waals surface area contributed by atoms with E-state index < -0.39 is 0 Å². The van der Waals surface area contributed by atoms with Gasteiger partial charge in [-0.25, -0.2) is 0 Å². The lowest BCUT2D eigenvalue weighted by atomic mass is 9.94. The summed E-state index contributed by atoms with van der Waals surface area (Å²) in [4.78, 5) is 13.7. The second kappa shape index (κ2) is 5.47. The molecule has 0 aromatic carbocycles. The fraction of sp³-hybridized carbons (Fsp3) is 0.909. The van der Waals surface area contributed by atoms with Gasteiger partial charge in [-0.1, -0.05) is 6.42 Å². The molecule has 1 aliphatic rings. The Labute approximate surface area is 91.8 Å². The predicted octanol–water partition coefficient (Wildman–Crippen LogP) is 0.750. The van der Waals surface area contributed by atoms with Crippen LogP contribution in [0.2, 0.25) is 0 Å². The molecule has 0 aliphatic carbocycles. The van der Waals surface area contributed by atoms with Crippen LogP contribution in [0.25, 0.3) is 0 Å². The van der Waals surface area contributed by atoms with Gasteiger partial charge in [-0.3, -0.25) is 9.69 Å². The molecule has 4 heteroatoms. The minimum absolute atomic E-state index is 0.165. The fourth-order valence-electron chi connectivity index (χ4n) is 2.54. The number of esters is 1. The zero-order valence-electron chi connectivity index (χ0n) is 9.90. The smallest absolute Gasteiger partial charge is 0.322 e. The van der Waals surface area contributed by atoms with Crippen LogP contribution < -0.4 is 5.73 Å². The first kappa shape index (κ1) is 12.5. The van der Waals surface area contributed by atoms with Crippen molar-refractivity contribution < 1.29 is 9.53 Å². The predicted molar refractivity (Wildman–Crippen MR) is 59.5 cm³/mol. The van der Waals surface area contributed by atoms with Crippen molar-refractivity contribution >= 4 is 5.97 Å². The van der Waals surface area contributed by atoms with Crippen LogP contribution in [0, 0.1) is 0 Å². The monoisotopic (exact) mass is 214 g/mol. The summed E-state index contributed by atoms with van der Waals surface area (Å²) in [6.07, 6.45) is 3.42. The maximum atomic E-state index is 11.5. The van der Waals surface area contributed by atoms with Crippen LogP contribution >= 0.6 is 0 Å². The van der Waals surface area contributed by atoms with Gasteiger partial charge < -0.3 is 10.5 Å². The van der Waals surface area contributed by atoms with E-state index in [2.05, 4.69) is 11.8 Å². The highest BCUT2D eigenvalue weighted by molar-refractivity contribution is 5.75. The molecule has 0 saturated carbocycles. The molecule has 0 amide bonds. The number of likely N-dealkylation sites (tertiary alicyclic amines) is 1. The van der Waals surface area contributed by atoms with Crippen LogP contribution in [0.3, 0.4) is 0 Å². The highest BCUT2D eigenvalue weighted by atomic mass is 16.5. The largest absolute Gasteiger partial charge is 0.468 e. The summed E-state index contributed by atoms with van der Waals surface area (Å²) in [5.74, 6) is -0.165. The number of nitrogens with zero attached hydrogens (tertiary/aromatic N) is 1. The summed E-state index contributed by atoms with van der Waals surface area (Å²) in [7, 11) is 1.44. The molecule has 2 N–H and O–H groups in total. The molecule has 1 heterocycles. The standard InChI is InChI=1S/C11H22N2O2/c1-8-5-4-6-10(7-12)13(8)9(2)11(14)15-3/h8-10H,4-7,12H2,1-3H3. The lowest BCUT2D eigenvalue weighted by Crippen LogP contribution is -2.55. The number of ether oxygens (including phenoxy) is 1. The molecule has 1 saturated heterocycles. The van der Waals surface area contributed by atoms with Gasteiger partial charge in [0.1, 0.15) is 6.04 Å². The quantitative estimate of drug-likeness (QED) is 0.704. The Morgan fingerprint density at radius 1 is 1.60 bits per heavy atom. The van der Waals surface area contributed by atoms with Gasteiger partial charge in [0.05, 0.1) is 7.11 Å². The van der Waals surface area contributed by atoms with Crippen molar-refractivity contribution in [2.45, 2.75) is 51.2 Å². The van der Waals surface area contributed by atoms with Gasteiger partial charge in [-0.2, -0.15) is 0 Å². The first-order chi connectivity index (χ1) is 7.11. The lowest BCUT2D eigenvalue weighted by molar-refractivity contribution is -0.149. The van der Waals surface area contributed by atoms with Gasteiger partial charge >= 0.3 is 5.97 Å². The van der Waals surface area contributed by atoms with E-state index in [1.807, 2.05) is 6.92 Å². The molecule has 0 aromatic heterocycles. The summed E-state index contributed by atoms with van der Waals surface area (Å²) in [5.41, 5.74) is 5.74. The summed E-state index contributed by atoms with van der Waals surface area (Å²) in [6.45, 7) is 4.67. The van der Waals surface area contributed by atoms with E-state index in [1.165, 1.54) is 13.5 Å². The van der Waals surface area contributed by atoms with Gasteiger partial charge in [0.2, 0.25) is 0 Å². The van der Waals surface area contributed by atoms with E-state index >= 15 is 0 Å². The van der Waals surface area contributed by atoms with Crippen LogP contribution in [0.1, 0.15) is 33.1 Å². The van der Waals surface area contributed by atoms with Crippen LogP contribution in [0.5, 0.6) is 0 Å². The maximum absolute atomic E-state index is 11.5. The average Bonchev–Trinajstić information content (AvgIpc) is 2.26. The minimum atomic E-state index is -0.182. The van der Waals surface area contributed by atoms with Crippen LogP contribution in [-0.2, 0) is 9.53 Å². The molecule has 88 valence electrons. The van der Waals surface area contributed by atoms with Gasteiger partial charge in [-0.15, -0.1) is 0 Å². The van der Waals surface area contributed by atoms with E-state index in [-0.39, 0.29) is 12.0 Å². The van der Waals surface area contributed by atoms with Gasteiger partial charge in [0.15, 0.2) is 0 Å². The Morgan fingerprint density at radius 3 is 2.80 bits per heavy atom. The molecular weight excluding hydrogens is 192 g/mol. The van der Waals surface area contributed by atoms with Crippen LogP contribution in [0.4, 0.5) is 0 Å². The van der Waals surface area contributed by atoms with E-state index in [9.17, 15) is 4.79 Å². The number of carbonyl (C=O) groups is 1. The normalized spacial score (nSPS) is 29.9. The number of piperidine rings is 1. The number of methoxy groups -OCH3 is 1. The molecule has 3 atom stereocenters. The fourth-order valence-corrected chi connectivity index (χ4v) is 2.54. The third kappa shape index (κ3) is 2.69. The topological polar surface area (TPSA) is 55.6 Å². The summed E-state index contributed by atoms with van der Waals surface area (Å²) >= 11 is 0. The Balaban J connectivity index is 2.72. The Hall–Kier alpha value is -0.610. The Kier molecular flexibility index (Phi) is 4.54. The molecule has 1 rings (SSSR count). The highest BCUT2D eigenvalue weighted by Crippen LogP contribution is 2.24. The summed E-state index contributed by atoms with van der Waals surface area (Å²) < 4.78 is 4.78. The van der Waals surface area contributed by atoms with Crippen molar-refractivity contribution in [2.75, 3.05) is 13.7 Å². The molecule has 4 nitrogen and oxygen atoms in total. The van der Waals surface area contributed by atoms with Crippen molar-refractivity contribution in [1.82, 2.24) is 4.90 Å². The van der Waals surface area contributed by atoms with Crippen molar-refractivity contribution in [3.8, 4) is 0 Å². The third-order valence-corrected chi connectivity index (χ3v) is 3.35. The van der Waals surface area contributed by atoms with E-state index in [0.29, 0.717) is 18.6 Å². The van der Waals surface area contributed by atoms with Crippen molar-refractivity contribution in [2.24, 2.45) is 5.73 Å². The molecule has 15 heavy (non-hydrogen) atoms. The molecule has 0 bridgehead atoms. The molecule has 3 unspecified atom stereocenters. The average molecular weight is 214 g/mol. The number of carbonyl (C=O) groups excluding carboxylic acids is 1. The van der Waals surface area contributed by atoms with Crippen LogP contribution in [0.15, 0.2) is 0 Å². The van der Waals surface area contributed by atoms with E-state index in [0.717, 1.165) is 12.8 Å². The van der Waals surface area contributed by atoms with Crippen LogP contribution in [-0.4, -0.2) is 42.6 Å². The van der Waals surface area contributed by atoms with Crippen molar-refractivity contribution in [1.29, 1.82) is 0 Å². The number of rotatable bonds is 3. The highest BCUT2D eigenvalue weighted by Gasteiger charge is 2.34. The molecular formula is C11H22N2O2. The van der Waals surface area contributed by atoms with E-state index in [4.69, 9.17) is 10.5 Å². The molecule has 1 fully saturated rings. The second-order valence-electron chi connectivity index (χ2n) is 4.32. The minimum Gasteiger partial charge on any atom is -0.468 e. The maximum Gasteiger partial charge on any atom is 0.322 e. The molecule has 1 aliphatic heterocycles. The lowest BCUT2D eigenvalue weighted by Gasteiger charge is -2.42. The Bertz CT molecular complexity index is 221. The second-order valence-corrected chi connectivity index (χ2v) is 4.32. The third-order valence-electron chi connectivity index (χ3n) is 3.35. The van der Waals surface area contributed by atoms with Crippen molar-refractivity contribution in [3.63, 3.8) is 0 Å². The Morgan fingerprint density at radius 2 is 2.27 bits per heavy atom. The SMILES string of the molecule is COC(=O)C(C)N1C(C)CCCC1CN. The number of hydrogen-bond donors (Lipinski definition) is 1. The van der Waals surface area contributed by atoms with Crippen molar-refractivity contribution in [3.05, 3.63) is 0 Å². The van der Waals surface area contributed by atoms with E-state index in [1.54, 1.807) is 0 Å². The molecule has 0 spiro atoms. The first-order valence-electron chi connectivity index (χ1n) is 5.67. The zero-order chi connectivity index (χ0) is 11.4. The summed E-state index contributed by atoms with van der Waals surface area (Å²) in [6, 6.07) is 0.558. The molecule has 0 radical (unpaired) electrons. The molecule has 0 aromatic rings. The van der Waals surface area contributed by atoms with Gasteiger partial charge in [0.25, 0.3) is 0 Å². The zero-order valence-corrected chi connectivity index (χ0v) is 9.90. The first-order valence-corrected chi connectivity index (χ1v) is 5.67. The number of nitrogens with two attached hydrogens (primary N) is 1. The van der Waals surface area contributed by atoms with Gasteiger partial charge in [-0.05, 0) is 26.7 Å². The van der Waals surface area contributed by atoms with Gasteiger partial charge in [0, 0.05) is 18.6 Å².